The molecule has 0 aromatic heterocycles. The highest BCUT2D eigenvalue weighted by Crippen LogP contribution is 2.12. The van der Waals surface area contributed by atoms with Crippen LogP contribution in [0.25, 0.3) is 0 Å². The first-order valence-electron chi connectivity index (χ1n) is 8.90. The first-order chi connectivity index (χ1) is 11.3. The molecule has 2 N–H and O–H groups in total. The van der Waals surface area contributed by atoms with Gasteiger partial charge in [-0.15, -0.1) is 0 Å². The average Bonchev–Trinajstić information content (AvgIpc) is 2.53. The molecule has 7 heteroatoms. The van der Waals surface area contributed by atoms with Crippen molar-refractivity contribution >= 4 is 16.8 Å². The number of morpholine rings is 1. The summed E-state index contributed by atoms with van der Waals surface area (Å²) in [6, 6.07) is 0.455. The van der Waals surface area contributed by atoms with Crippen LogP contribution in [-0.4, -0.2) is 78.1 Å². The van der Waals surface area contributed by atoms with Crippen LogP contribution in [0.15, 0.2) is 4.99 Å². The van der Waals surface area contributed by atoms with Crippen molar-refractivity contribution in [1.29, 1.82) is 0 Å². The van der Waals surface area contributed by atoms with Gasteiger partial charge >= 0.3 is 0 Å². The van der Waals surface area contributed by atoms with Crippen molar-refractivity contribution in [2.24, 2.45) is 10.9 Å². The molecule has 0 spiro atoms. The highest BCUT2D eigenvalue weighted by Gasteiger charge is 2.24. The van der Waals surface area contributed by atoms with Gasteiger partial charge in [-0.1, -0.05) is 13.8 Å². The number of hydrogen-bond donors (Lipinski definition) is 2. The van der Waals surface area contributed by atoms with Gasteiger partial charge in [-0.05, 0) is 26.7 Å². The van der Waals surface area contributed by atoms with E-state index in [9.17, 15) is 4.21 Å². The van der Waals surface area contributed by atoms with Crippen LogP contribution in [0.5, 0.6) is 0 Å². The largest absolute Gasteiger partial charge is 0.379 e. The van der Waals surface area contributed by atoms with E-state index in [1.807, 2.05) is 20.8 Å². The fraction of sp³-hybridized carbons (Fsp3) is 0.941. The van der Waals surface area contributed by atoms with Gasteiger partial charge in [0.05, 0.1) is 13.2 Å². The third kappa shape index (κ3) is 7.49. The first kappa shape index (κ1) is 21.4. The zero-order valence-electron chi connectivity index (χ0n) is 16.2. The van der Waals surface area contributed by atoms with Gasteiger partial charge < -0.3 is 15.4 Å². The van der Waals surface area contributed by atoms with E-state index in [1.54, 1.807) is 7.05 Å². The van der Waals surface area contributed by atoms with Crippen LogP contribution in [0.2, 0.25) is 0 Å². The molecule has 1 aliphatic rings. The Kier molecular flexibility index (Phi) is 9.23. The maximum atomic E-state index is 12.1. The van der Waals surface area contributed by atoms with Crippen LogP contribution < -0.4 is 10.6 Å². The normalized spacial score (nSPS) is 20.0. The molecule has 0 aromatic rings. The van der Waals surface area contributed by atoms with E-state index < -0.39 is 10.8 Å². The van der Waals surface area contributed by atoms with Gasteiger partial charge in [0.25, 0.3) is 0 Å². The summed E-state index contributed by atoms with van der Waals surface area (Å²) < 4.78 is 17.4. The highest BCUT2D eigenvalue weighted by atomic mass is 32.2. The SMILES string of the molecule is CN=C(NCCS(=O)C(C)(C)C)NCC(C(C)C)N1CCOCC1. The fourth-order valence-corrected chi connectivity index (χ4v) is 3.59. The molecule has 1 rings (SSSR count). The fourth-order valence-electron chi connectivity index (χ4n) is 2.69. The van der Waals surface area contributed by atoms with Gasteiger partial charge in [-0.25, -0.2) is 0 Å². The third-order valence-electron chi connectivity index (χ3n) is 4.25. The summed E-state index contributed by atoms with van der Waals surface area (Å²) in [5.74, 6) is 1.96. The molecule has 0 aromatic carbocycles. The number of hydrogen-bond acceptors (Lipinski definition) is 4. The Bertz CT molecular complexity index is 415. The number of guanidine groups is 1. The molecule has 24 heavy (non-hydrogen) atoms. The smallest absolute Gasteiger partial charge is 0.191 e. The molecule has 0 aliphatic carbocycles. The molecule has 0 amide bonds. The van der Waals surface area contributed by atoms with Crippen molar-refractivity contribution in [1.82, 2.24) is 15.5 Å². The summed E-state index contributed by atoms with van der Waals surface area (Å²) in [5.41, 5.74) is 0. The van der Waals surface area contributed by atoms with E-state index >= 15 is 0 Å². The van der Waals surface area contributed by atoms with E-state index in [1.165, 1.54) is 0 Å². The van der Waals surface area contributed by atoms with Crippen molar-refractivity contribution in [3.63, 3.8) is 0 Å². The average molecular weight is 361 g/mol. The summed E-state index contributed by atoms with van der Waals surface area (Å²) in [6.07, 6.45) is 0. The number of nitrogens with one attached hydrogen (secondary N) is 2. The lowest BCUT2D eigenvalue weighted by molar-refractivity contribution is 0.00752. The molecule has 6 nitrogen and oxygen atoms in total. The van der Waals surface area contributed by atoms with Gasteiger partial charge in [-0.3, -0.25) is 14.1 Å². The van der Waals surface area contributed by atoms with Crippen LogP contribution in [-0.2, 0) is 15.5 Å². The Morgan fingerprint density at radius 2 is 1.88 bits per heavy atom. The molecule has 2 unspecified atom stereocenters. The summed E-state index contributed by atoms with van der Waals surface area (Å²) in [7, 11) is 0.926. The monoisotopic (exact) mass is 360 g/mol. The zero-order valence-corrected chi connectivity index (χ0v) is 17.0. The maximum absolute atomic E-state index is 12.1. The minimum absolute atomic E-state index is 0.169. The van der Waals surface area contributed by atoms with Crippen molar-refractivity contribution in [3.05, 3.63) is 0 Å². The molecule has 1 fully saturated rings. The zero-order chi connectivity index (χ0) is 18.2. The minimum atomic E-state index is -0.847. The standard InChI is InChI=1S/C17H36N4O2S/c1-14(2)15(21-8-10-23-11-9-21)13-20-16(18-6)19-7-12-24(22)17(3,4)5/h14-15H,7-13H2,1-6H3,(H2,18,19,20). The Balaban J connectivity index is 2.42. The Morgan fingerprint density at radius 1 is 1.25 bits per heavy atom. The lowest BCUT2D eigenvalue weighted by Gasteiger charge is -2.37. The summed E-state index contributed by atoms with van der Waals surface area (Å²) >= 11 is 0. The molecule has 142 valence electrons. The molecule has 1 aliphatic heterocycles. The second-order valence-corrected chi connectivity index (χ2v) is 9.83. The minimum Gasteiger partial charge on any atom is -0.379 e. The summed E-state index contributed by atoms with van der Waals surface area (Å²) in [4.78, 5) is 6.76. The lowest BCUT2D eigenvalue weighted by Crippen LogP contribution is -2.52. The molecule has 1 saturated heterocycles. The van der Waals surface area contributed by atoms with Gasteiger partial charge in [-0.2, -0.15) is 0 Å². The summed E-state index contributed by atoms with van der Waals surface area (Å²) in [6.45, 7) is 15.6. The Morgan fingerprint density at radius 3 is 2.38 bits per heavy atom. The van der Waals surface area contributed by atoms with Crippen LogP contribution in [0, 0.1) is 5.92 Å². The van der Waals surface area contributed by atoms with E-state index in [0.717, 1.165) is 38.8 Å². The quantitative estimate of drug-likeness (QED) is 0.525. The Hall–Kier alpha value is -0.660. The number of rotatable bonds is 7. The highest BCUT2D eigenvalue weighted by molar-refractivity contribution is 7.86. The van der Waals surface area contributed by atoms with Gasteiger partial charge in [0.2, 0.25) is 0 Å². The molecule has 0 saturated carbocycles. The maximum Gasteiger partial charge on any atom is 0.191 e. The van der Waals surface area contributed by atoms with Gasteiger partial charge in [0.1, 0.15) is 0 Å². The van der Waals surface area contributed by atoms with Gasteiger partial charge in [0, 0.05) is 60.6 Å². The van der Waals surface area contributed by atoms with Gasteiger partial charge in [0.15, 0.2) is 5.96 Å². The third-order valence-corrected chi connectivity index (χ3v) is 6.19. The first-order valence-corrected chi connectivity index (χ1v) is 10.2. The Labute approximate surface area is 150 Å². The number of ether oxygens (including phenoxy) is 1. The van der Waals surface area contributed by atoms with Crippen LogP contribution in [0.3, 0.4) is 0 Å². The molecular weight excluding hydrogens is 324 g/mol. The molecule has 0 radical (unpaired) electrons. The van der Waals surface area contributed by atoms with Crippen molar-refractivity contribution < 1.29 is 8.95 Å². The van der Waals surface area contributed by atoms with E-state index in [0.29, 0.717) is 24.3 Å². The topological polar surface area (TPSA) is 66.0 Å². The predicted molar refractivity (Wildman–Crippen MR) is 103 cm³/mol. The van der Waals surface area contributed by atoms with Crippen molar-refractivity contribution in [2.75, 3.05) is 52.2 Å². The van der Waals surface area contributed by atoms with E-state index in [4.69, 9.17) is 4.74 Å². The second-order valence-electron chi connectivity index (χ2n) is 7.50. The van der Waals surface area contributed by atoms with Crippen LogP contribution >= 0.6 is 0 Å². The predicted octanol–water partition coefficient (Wildman–Crippen LogP) is 1.06. The molecular formula is C17H36N4O2S. The molecule has 1 heterocycles. The number of aliphatic imine (C=N–C) groups is 1. The van der Waals surface area contributed by atoms with Crippen molar-refractivity contribution in [3.8, 4) is 0 Å². The number of nitrogens with zero attached hydrogens (tertiary/aromatic N) is 2. The lowest BCUT2D eigenvalue weighted by atomic mass is 10.0. The van der Waals surface area contributed by atoms with Crippen molar-refractivity contribution in [2.45, 2.75) is 45.4 Å². The molecule has 0 bridgehead atoms. The second kappa shape index (κ2) is 10.4. The van der Waals surface area contributed by atoms with Crippen LogP contribution in [0.4, 0.5) is 0 Å². The van der Waals surface area contributed by atoms with E-state index in [2.05, 4.69) is 34.4 Å². The van der Waals surface area contributed by atoms with Crippen LogP contribution in [0.1, 0.15) is 34.6 Å². The van der Waals surface area contributed by atoms with E-state index in [-0.39, 0.29) is 4.75 Å². The molecule has 2 atom stereocenters. The summed E-state index contributed by atoms with van der Waals surface area (Å²) in [5, 5.41) is 6.69.